The average molecular weight is 376 g/mol. The quantitative estimate of drug-likeness (QED) is 0.535. The van der Waals surface area contributed by atoms with E-state index in [1.165, 1.54) is 7.11 Å². The number of benzene rings is 2. The van der Waals surface area contributed by atoms with E-state index in [1.54, 1.807) is 54.6 Å². The number of esters is 1. The van der Waals surface area contributed by atoms with E-state index in [-0.39, 0.29) is 5.75 Å². The van der Waals surface area contributed by atoms with Gasteiger partial charge in [0.1, 0.15) is 5.75 Å². The lowest BCUT2D eigenvalue weighted by atomic mass is 10.1. The lowest BCUT2D eigenvalue weighted by Gasteiger charge is -2.13. The Morgan fingerprint density at radius 2 is 1.73 bits per heavy atom. The monoisotopic (exact) mass is 376 g/mol. The Morgan fingerprint density at radius 3 is 2.31 bits per heavy atom. The number of methoxy groups -OCH3 is 1. The molecule has 0 saturated carbocycles. The summed E-state index contributed by atoms with van der Waals surface area (Å²) in [5.41, 5.74) is 0.950. The molecule has 0 saturated heterocycles. The van der Waals surface area contributed by atoms with Crippen molar-refractivity contribution in [3.05, 3.63) is 65.7 Å². The van der Waals surface area contributed by atoms with Crippen molar-refractivity contribution in [3.63, 3.8) is 0 Å². The molecule has 0 bridgehead atoms. The Bertz CT molecular complexity index is 757. The van der Waals surface area contributed by atoms with E-state index in [1.807, 2.05) is 0 Å². The molecule has 2 unspecified atom stereocenters. The molecule has 2 aromatic rings. The van der Waals surface area contributed by atoms with Gasteiger partial charge in [-0.2, -0.15) is 0 Å². The normalized spacial score (nSPS) is 12.8. The van der Waals surface area contributed by atoms with E-state index in [0.717, 1.165) is 0 Å². The zero-order valence-corrected chi connectivity index (χ0v) is 15.1. The Labute approximate surface area is 154 Å². The number of rotatable bonds is 9. The number of carbonyl (C=O) groups is 2. The number of ether oxygens (including phenoxy) is 2. The number of carboxylic acid groups (broad SMARTS) is 1. The molecule has 0 spiro atoms. The minimum Gasteiger partial charge on any atom is -0.494 e. The van der Waals surface area contributed by atoms with Gasteiger partial charge in [-0.15, -0.1) is 0 Å². The van der Waals surface area contributed by atoms with E-state index >= 15 is 0 Å². The fraction of sp³-hybridized carbons (Fsp3) is 0.263. The maximum absolute atomic E-state index is 12.4. The lowest BCUT2D eigenvalue weighted by Crippen LogP contribution is -2.20. The molecule has 7 heteroatoms. The fourth-order valence-corrected chi connectivity index (χ4v) is 3.67. The smallest absolute Gasteiger partial charge is 0.337 e. The molecule has 0 aliphatic rings. The molecule has 1 N–H and O–H groups in total. The zero-order valence-electron chi connectivity index (χ0n) is 14.3. The van der Waals surface area contributed by atoms with E-state index in [0.29, 0.717) is 29.9 Å². The predicted molar refractivity (Wildman–Crippen MR) is 97.7 cm³/mol. The Kier molecular flexibility index (Phi) is 7.35. The largest absolute Gasteiger partial charge is 0.494 e. The molecule has 2 rings (SSSR count). The number of carboxylic acids is 1. The summed E-state index contributed by atoms with van der Waals surface area (Å²) in [6.07, 6.45) is 0.446. The maximum atomic E-state index is 12.4. The van der Waals surface area contributed by atoms with Crippen LogP contribution in [0.15, 0.2) is 54.6 Å². The first kappa shape index (κ1) is 19.7. The third-order valence-corrected chi connectivity index (χ3v) is 5.31. The summed E-state index contributed by atoms with van der Waals surface area (Å²) in [6, 6.07) is 15.0. The Balaban J connectivity index is 1.84. The summed E-state index contributed by atoms with van der Waals surface area (Å²) < 4.78 is 22.5. The van der Waals surface area contributed by atoms with Gasteiger partial charge in [-0.3, -0.25) is 9.00 Å². The van der Waals surface area contributed by atoms with Crippen LogP contribution in [0.2, 0.25) is 0 Å². The molecule has 0 aliphatic carbocycles. The van der Waals surface area contributed by atoms with Crippen molar-refractivity contribution in [1.82, 2.24) is 0 Å². The van der Waals surface area contributed by atoms with Crippen LogP contribution in [-0.4, -0.2) is 40.7 Å². The van der Waals surface area contributed by atoms with E-state index in [9.17, 15) is 18.9 Å². The maximum Gasteiger partial charge on any atom is 0.337 e. The highest BCUT2D eigenvalue weighted by atomic mass is 32.2. The third kappa shape index (κ3) is 5.42. The minimum absolute atomic E-state index is 0.214. The van der Waals surface area contributed by atoms with Crippen LogP contribution in [0.1, 0.15) is 27.6 Å². The SMILES string of the molecule is COC(=O)c1ccc(OCCCS(=O)C(C(=O)O)c2ccccc2)cc1. The van der Waals surface area contributed by atoms with Gasteiger partial charge in [0.2, 0.25) is 0 Å². The van der Waals surface area contributed by atoms with E-state index in [2.05, 4.69) is 4.74 Å². The van der Waals surface area contributed by atoms with Crippen molar-refractivity contribution in [2.45, 2.75) is 11.7 Å². The highest BCUT2D eigenvalue weighted by Crippen LogP contribution is 2.21. The van der Waals surface area contributed by atoms with Crippen LogP contribution in [-0.2, 0) is 20.3 Å². The van der Waals surface area contributed by atoms with Crippen LogP contribution < -0.4 is 4.74 Å². The summed E-state index contributed by atoms with van der Waals surface area (Å²) in [4.78, 5) is 22.8. The topological polar surface area (TPSA) is 89.9 Å². The Morgan fingerprint density at radius 1 is 1.08 bits per heavy atom. The first-order chi connectivity index (χ1) is 12.5. The second-order valence-corrected chi connectivity index (χ2v) is 7.07. The van der Waals surface area contributed by atoms with Gasteiger partial charge in [-0.25, -0.2) is 4.79 Å². The van der Waals surface area contributed by atoms with Gasteiger partial charge in [-0.1, -0.05) is 30.3 Å². The number of carbonyl (C=O) groups excluding carboxylic acids is 1. The molecule has 26 heavy (non-hydrogen) atoms. The molecule has 0 amide bonds. The van der Waals surface area contributed by atoms with E-state index < -0.39 is 28.0 Å². The molecule has 6 nitrogen and oxygen atoms in total. The first-order valence-corrected chi connectivity index (χ1v) is 9.37. The van der Waals surface area contributed by atoms with Gasteiger partial charge in [0.05, 0.1) is 19.3 Å². The molecule has 138 valence electrons. The lowest BCUT2D eigenvalue weighted by molar-refractivity contribution is -0.136. The van der Waals surface area contributed by atoms with Gasteiger partial charge < -0.3 is 14.6 Å². The van der Waals surface area contributed by atoms with Crippen molar-refractivity contribution in [3.8, 4) is 5.75 Å². The summed E-state index contributed by atoms with van der Waals surface area (Å²) in [5.74, 6) is -0.741. The highest BCUT2D eigenvalue weighted by molar-refractivity contribution is 7.86. The molecule has 0 fully saturated rings. The van der Waals surface area contributed by atoms with Crippen LogP contribution in [0.3, 0.4) is 0 Å². The molecule has 2 atom stereocenters. The van der Waals surface area contributed by atoms with Gasteiger partial charge in [-0.05, 0) is 36.2 Å². The second-order valence-electron chi connectivity index (χ2n) is 5.43. The van der Waals surface area contributed by atoms with Gasteiger partial charge in [0, 0.05) is 16.6 Å². The van der Waals surface area contributed by atoms with Crippen LogP contribution in [0.5, 0.6) is 5.75 Å². The van der Waals surface area contributed by atoms with Crippen molar-refractivity contribution in [2.24, 2.45) is 0 Å². The van der Waals surface area contributed by atoms with E-state index in [4.69, 9.17) is 4.74 Å². The van der Waals surface area contributed by atoms with Crippen LogP contribution in [0.25, 0.3) is 0 Å². The summed E-state index contributed by atoms with van der Waals surface area (Å²) in [6.45, 7) is 0.296. The number of hydrogen-bond donors (Lipinski definition) is 1. The third-order valence-electron chi connectivity index (χ3n) is 3.62. The molecule has 0 heterocycles. The van der Waals surface area contributed by atoms with Gasteiger partial charge in [0.25, 0.3) is 0 Å². The van der Waals surface area contributed by atoms with Crippen LogP contribution in [0.4, 0.5) is 0 Å². The van der Waals surface area contributed by atoms with Crippen molar-refractivity contribution in [2.75, 3.05) is 19.5 Å². The second kappa shape index (κ2) is 9.72. The van der Waals surface area contributed by atoms with Gasteiger partial charge >= 0.3 is 11.9 Å². The zero-order chi connectivity index (χ0) is 18.9. The molecule has 0 aromatic heterocycles. The molecule has 0 aliphatic heterocycles. The van der Waals surface area contributed by atoms with Crippen molar-refractivity contribution >= 4 is 22.7 Å². The molecule has 0 radical (unpaired) electrons. The average Bonchev–Trinajstić information content (AvgIpc) is 2.66. The van der Waals surface area contributed by atoms with Crippen molar-refractivity contribution < 1.29 is 28.4 Å². The molecular weight excluding hydrogens is 356 g/mol. The van der Waals surface area contributed by atoms with Crippen LogP contribution >= 0.6 is 0 Å². The Hall–Kier alpha value is -2.67. The molecular formula is C19H20O6S. The van der Waals surface area contributed by atoms with Crippen LogP contribution in [0, 0.1) is 0 Å². The summed E-state index contributed by atoms with van der Waals surface area (Å²) in [7, 11) is -0.236. The number of hydrogen-bond acceptors (Lipinski definition) is 5. The summed E-state index contributed by atoms with van der Waals surface area (Å²) >= 11 is 0. The highest BCUT2D eigenvalue weighted by Gasteiger charge is 2.26. The summed E-state index contributed by atoms with van der Waals surface area (Å²) in [5, 5.41) is 8.31. The molecule has 2 aromatic carbocycles. The fourth-order valence-electron chi connectivity index (χ4n) is 2.35. The van der Waals surface area contributed by atoms with Gasteiger partial charge in [0.15, 0.2) is 5.25 Å². The predicted octanol–water partition coefficient (Wildman–Crippen LogP) is 2.82. The standard InChI is InChI=1S/C19H20O6S/c1-24-19(22)15-8-10-16(11-9-15)25-12-5-13-26(23)17(18(20)21)14-6-3-2-4-7-14/h2-4,6-11,17H,5,12-13H2,1H3,(H,20,21). The number of aliphatic carboxylic acids is 1. The minimum atomic E-state index is -1.55. The van der Waals surface area contributed by atoms with Crippen molar-refractivity contribution in [1.29, 1.82) is 0 Å². The first-order valence-electron chi connectivity index (χ1n) is 7.99.